The molecule has 3 heteroatoms. The van der Waals surface area contributed by atoms with Gasteiger partial charge in [0.2, 0.25) is 0 Å². The van der Waals surface area contributed by atoms with E-state index in [4.69, 9.17) is 9.47 Å². The van der Waals surface area contributed by atoms with Crippen LogP contribution in [0, 0.1) is 22.7 Å². The predicted octanol–water partition coefficient (Wildman–Crippen LogP) is 5.76. The SMILES string of the molecule is C[C@H]1CC=C2[C@H](CCCC2(C)C)[C@@]1(C)CCC1=CC[C@H](C2=CC(=O)OC2)OC1. The highest BCUT2D eigenvalue weighted by Gasteiger charge is 2.47. The average molecular weight is 385 g/mol. The first kappa shape index (κ1) is 19.9. The fourth-order valence-corrected chi connectivity index (χ4v) is 6.01. The van der Waals surface area contributed by atoms with Gasteiger partial charge >= 0.3 is 5.97 Å². The molecule has 0 aromatic carbocycles. The number of hydrogen-bond acceptors (Lipinski definition) is 3. The Hall–Kier alpha value is -1.35. The molecule has 4 aliphatic rings. The van der Waals surface area contributed by atoms with Gasteiger partial charge in [0.15, 0.2) is 0 Å². The zero-order chi connectivity index (χ0) is 19.9. The van der Waals surface area contributed by atoms with Gasteiger partial charge < -0.3 is 9.47 Å². The lowest BCUT2D eigenvalue weighted by atomic mass is 9.52. The van der Waals surface area contributed by atoms with Crippen LogP contribution in [0.1, 0.15) is 72.6 Å². The van der Waals surface area contributed by atoms with E-state index >= 15 is 0 Å². The Morgan fingerprint density at radius 1 is 1.14 bits per heavy atom. The molecule has 0 amide bonds. The molecule has 28 heavy (non-hydrogen) atoms. The highest BCUT2D eigenvalue weighted by atomic mass is 16.5. The number of carbonyl (C=O) groups excluding carboxylic acids is 1. The van der Waals surface area contributed by atoms with E-state index < -0.39 is 0 Å². The quantitative estimate of drug-likeness (QED) is 0.456. The van der Waals surface area contributed by atoms with Crippen LogP contribution in [-0.2, 0) is 14.3 Å². The van der Waals surface area contributed by atoms with Crippen molar-refractivity contribution in [3.05, 3.63) is 34.9 Å². The molecule has 0 aromatic heterocycles. The van der Waals surface area contributed by atoms with Crippen molar-refractivity contribution in [2.24, 2.45) is 22.7 Å². The summed E-state index contributed by atoms with van der Waals surface area (Å²) >= 11 is 0. The number of allylic oxidation sites excluding steroid dienone is 2. The van der Waals surface area contributed by atoms with Crippen LogP contribution < -0.4 is 0 Å². The van der Waals surface area contributed by atoms with E-state index in [2.05, 4.69) is 39.8 Å². The molecular weight excluding hydrogens is 348 g/mol. The zero-order valence-electron chi connectivity index (χ0n) is 18.1. The first-order valence-corrected chi connectivity index (χ1v) is 11.2. The molecular formula is C25H36O3. The third-order valence-electron chi connectivity index (χ3n) is 8.24. The molecule has 2 aliphatic heterocycles. The summed E-state index contributed by atoms with van der Waals surface area (Å²) in [6.07, 6.45) is 15.1. The zero-order valence-corrected chi connectivity index (χ0v) is 18.1. The molecule has 0 saturated heterocycles. The maximum Gasteiger partial charge on any atom is 0.331 e. The van der Waals surface area contributed by atoms with Gasteiger partial charge in [0.05, 0.1) is 12.7 Å². The van der Waals surface area contributed by atoms with Crippen molar-refractivity contribution in [1.29, 1.82) is 0 Å². The lowest BCUT2D eigenvalue weighted by Crippen LogP contribution is -2.43. The minimum atomic E-state index is -0.230. The van der Waals surface area contributed by atoms with Gasteiger partial charge in [-0.05, 0) is 66.8 Å². The van der Waals surface area contributed by atoms with Crippen molar-refractivity contribution in [3.63, 3.8) is 0 Å². The second kappa shape index (κ2) is 7.48. The molecule has 1 fully saturated rings. The van der Waals surface area contributed by atoms with E-state index in [1.165, 1.54) is 37.7 Å². The van der Waals surface area contributed by atoms with Gasteiger partial charge in [0.25, 0.3) is 0 Å². The molecule has 2 aliphatic carbocycles. The lowest BCUT2D eigenvalue weighted by Gasteiger charge is -2.53. The first-order valence-electron chi connectivity index (χ1n) is 11.2. The number of fused-ring (bicyclic) bond motifs is 1. The third-order valence-corrected chi connectivity index (χ3v) is 8.24. The smallest absolute Gasteiger partial charge is 0.331 e. The maximum atomic E-state index is 11.3. The van der Waals surface area contributed by atoms with Crippen molar-refractivity contribution in [2.75, 3.05) is 13.2 Å². The summed E-state index contributed by atoms with van der Waals surface area (Å²) in [4.78, 5) is 11.3. The first-order chi connectivity index (χ1) is 13.3. The molecule has 0 bridgehead atoms. The molecule has 0 spiro atoms. The van der Waals surface area contributed by atoms with E-state index in [0.717, 1.165) is 30.3 Å². The molecule has 0 unspecified atom stereocenters. The van der Waals surface area contributed by atoms with Gasteiger partial charge in [0.1, 0.15) is 6.61 Å². The molecule has 0 N–H and O–H groups in total. The van der Waals surface area contributed by atoms with Crippen LogP contribution in [0.5, 0.6) is 0 Å². The number of cyclic esters (lactones) is 1. The molecule has 0 radical (unpaired) electrons. The Kier molecular flexibility index (Phi) is 5.33. The highest BCUT2D eigenvalue weighted by Crippen LogP contribution is 2.58. The van der Waals surface area contributed by atoms with Gasteiger partial charge in [0, 0.05) is 11.6 Å². The summed E-state index contributed by atoms with van der Waals surface area (Å²) in [7, 11) is 0. The lowest BCUT2D eigenvalue weighted by molar-refractivity contribution is -0.135. The van der Waals surface area contributed by atoms with Crippen LogP contribution in [0.4, 0.5) is 0 Å². The van der Waals surface area contributed by atoms with Crippen molar-refractivity contribution >= 4 is 5.97 Å². The number of hydrogen-bond donors (Lipinski definition) is 0. The van der Waals surface area contributed by atoms with Crippen molar-refractivity contribution in [1.82, 2.24) is 0 Å². The Balaban J connectivity index is 1.41. The molecule has 1 saturated carbocycles. The van der Waals surface area contributed by atoms with Crippen LogP contribution in [0.2, 0.25) is 0 Å². The number of esters is 1. The summed E-state index contributed by atoms with van der Waals surface area (Å²) < 4.78 is 11.1. The van der Waals surface area contributed by atoms with Crippen LogP contribution in [0.3, 0.4) is 0 Å². The van der Waals surface area contributed by atoms with Crippen molar-refractivity contribution in [2.45, 2.75) is 78.7 Å². The number of ether oxygens (including phenoxy) is 2. The topological polar surface area (TPSA) is 35.5 Å². The minimum Gasteiger partial charge on any atom is -0.458 e. The standard InChI is InChI=1S/C25H36O3/c1-17-7-9-20-21(6-5-12-24(20,2)3)25(17,4)13-11-18-8-10-22(27-15-18)19-14-23(26)28-16-19/h8-9,14,17,21-22H,5-7,10-13,15-16H2,1-4H3/t17-,21-,22+,25-/m0/s1. The Bertz CT molecular complexity index is 726. The Morgan fingerprint density at radius 2 is 1.96 bits per heavy atom. The van der Waals surface area contributed by atoms with Gasteiger partial charge in [-0.2, -0.15) is 0 Å². The van der Waals surface area contributed by atoms with Gasteiger partial charge in [-0.25, -0.2) is 4.79 Å². The molecule has 4 rings (SSSR count). The molecule has 154 valence electrons. The third kappa shape index (κ3) is 3.63. The molecule has 3 nitrogen and oxygen atoms in total. The summed E-state index contributed by atoms with van der Waals surface area (Å²) in [6.45, 7) is 11.0. The number of carbonyl (C=O) groups is 1. The highest BCUT2D eigenvalue weighted by molar-refractivity contribution is 5.85. The molecule has 0 aromatic rings. The Morgan fingerprint density at radius 3 is 2.64 bits per heavy atom. The monoisotopic (exact) mass is 384 g/mol. The maximum absolute atomic E-state index is 11.3. The van der Waals surface area contributed by atoms with E-state index in [9.17, 15) is 4.79 Å². The summed E-state index contributed by atoms with van der Waals surface area (Å²) in [5, 5.41) is 0. The van der Waals surface area contributed by atoms with E-state index in [-0.39, 0.29) is 12.1 Å². The van der Waals surface area contributed by atoms with Gasteiger partial charge in [-0.3, -0.25) is 0 Å². The fourth-order valence-electron chi connectivity index (χ4n) is 6.01. The van der Waals surface area contributed by atoms with E-state index in [1.807, 2.05) is 0 Å². The molecule has 2 heterocycles. The summed E-state index contributed by atoms with van der Waals surface area (Å²) in [5.74, 6) is 1.25. The number of rotatable bonds is 4. The second-order valence-corrected chi connectivity index (χ2v) is 10.4. The fraction of sp³-hybridized carbons (Fsp3) is 0.720. The van der Waals surface area contributed by atoms with Crippen LogP contribution in [-0.4, -0.2) is 25.3 Å². The summed E-state index contributed by atoms with van der Waals surface area (Å²) in [5.41, 5.74) is 4.92. The minimum absolute atomic E-state index is 0.0214. The van der Waals surface area contributed by atoms with Crippen LogP contribution in [0.15, 0.2) is 34.9 Å². The van der Waals surface area contributed by atoms with Crippen LogP contribution >= 0.6 is 0 Å². The molecule has 4 atom stereocenters. The van der Waals surface area contributed by atoms with E-state index in [1.54, 1.807) is 11.6 Å². The van der Waals surface area contributed by atoms with Crippen molar-refractivity contribution < 1.29 is 14.3 Å². The van der Waals surface area contributed by atoms with Gasteiger partial charge in [-0.15, -0.1) is 0 Å². The normalized spacial score (nSPS) is 37.5. The summed E-state index contributed by atoms with van der Waals surface area (Å²) in [6, 6.07) is 0. The van der Waals surface area contributed by atoms with Gasteiger partial charge in [-0.1, -0.05) is 51.8 Å². The van der Waals surface area contributed by atoms with E-state index in [0.29, 0.717) is 24.0 Å². The predicted molar refractivity (Wildman–Crippen MR) is 112 cm³/mol. The average Bonchev–Trinajstić information content (AvgIpc) is 3.10. The van der Waals surface area contributed by atoms with Crippen molar-refractivity contribution in [3.8, 4) is 0 Å². The Labute approximate surface area is 170 Å². The second-order valence-electron chi connectivity index (χ2n) is 10.4. The van der Waals surface area contributed by atoms with Crippen LogP contribution in [0.25, 0.3) is 0 Å². The largest absolute Gasteiger partial charge is 0.458 e.